The maximum Gasteiger partial charge on any atom is 0.119 e. The van der Waals surface area contributed by atoms with Gasteiger partial charge in [0, 0.05) is 4.90 Å². The highest BCUT2D eigenvalue weighted by molar-refractivity contribution is 7.84. The van der Waals surface area contributed by atoms with Gasteiger partial charge in [0.1, 0.15) is 5.75 Å². The van der Waals surface area contributed by atoms with Gasteiger partial charge in [-0.05, 0) is 47.4 Å². The van der Waals surface area contributed by atoms with Gasteiger partial charge < -0.3 is 4.74 Å². The zero-order valence-corrected chi connectivity index (χ0v) is 15.8. The lowest BCUT2D eigenvalue weighted by atomic mass is 10.0. The fourth-order valence-corrected chi connectivity index (χ4v) is 4.16. The summed E-state index contributed by atoms with van der Waals surface area (Å²) in [6.07, 6.45) is 2.11. The third-order valence-corrected chi connectivity index (χ3v) is 5.62. The van der Waals surface area contributed by atoms with Crippen LogP contribution in [0.3, 0.4) is 0 Å². The topological polar surface area (TPSA) is 26.3 Å². The van der Waals surface area contributed by atoms with Gasteiger partial charge in [0.2, 0.25) is 0 Å². The SMILES string of the molecule is COc1ccc(S(=O)Cc2ccccc2)c(/C(C)=C/c2ccccc2)c1. The third-order valence-electron chi connectivity index (χ3n) is 4.18. The molecule has 1 atom stereocenters. The minimum absolute atomic E-state index is 0.499. The second kappa shape index (κ2) is 8.63. The van der Waals surface area contributed by atoms with Gasteiger partial charge >= 0.3 is 0 Å². The third kappa shape index (κ3) is 4.50. The zero-order valence-electron chi connectivity index (χ0n) is 15.0. The van der Waals surface area contributed by atoms with Crippen molar-refractivity contribution in [1.82, 2.24) is 0 Å². The molecule has 0 aliphatic heterocycles. The zero-order chi connectivity index (χ0) is 18.4. The maximum atomic E-state index is 13.0. The van der Waals surface area contributed by atoms with Gasteiger partial charge in [0.15, 0.2) is 0 Å². The van der Waals surface area contributed by atoms with E-state index in [9.17, 15) is 4.21 Å². The molecular weight excluding hydrogens is 340 g/mol. The standard InChI is InChI=1S/C23H22O2S/c1-18(15-19-9-5-3-6-10-19)22-16-21(25-2)13-14-23(22)26(24)17-20-11-7-4-8-12-20/h3-16H,17H2,1-2H3/b18-15+. The van der Waals surface area contributed by atoms with Crippen LogP contribution in [0.2, 0.25) is 0 Å². The lowest BCUT2D eigenvalue weighted by Crippen LogP contribution is -2.01. The predicted molar refractivity (Wildman–Crippen MR) is 110 cm³/mol. The van der Waals surface area contributed by atoms with Crippen LogP contribution in [0.1, 0.15) is 23.6 Å². The van der Waals surface area contributed by atoms with Crippen LogP contribution in [0.15, 0.2) is 83.8 Å². The molecule has 0 saturated carbocycles. The molecule has 0 aromatic heterocycles. The summed E-state index contributed by atoms with van der Waals surface area (Å²) in [6, 6.07) is 25.8. The van der Waals surface area contributed by atoms with Gasteiger partial charge in [-0.15, -0.1) is 0 Å². The van der Waals surface area contributed by atoms with E-state index >= 15 is 0 Å². The lowest BCUT2D eigenvalue weighted by molar-refractivity contribution is 0.414. The van der Waals surface area contributed by atoms with Crippen molar-refractivity contribution in [3.8, 4) is 5.75 Å². The molecule has 3 aromatic rings. The van der Waals surface area contributed by atoms with Crippen molar-refractivity contribution in [3.63, 3.8) is 0 Å². The van der Waals surface area contributed by atoms with E-state index in [1.165, 1.54) is 0 Å². The van der Waals surface area contributed by atoms with E-state index < -0.39 is 10.8 Å². The molecule has 0 aliphatic carbocycles. The molecule has 132 valence electrons. The van der Waals surface area contributed by atoms with Gasteiger partial charge in [-0.2, -0.15) is 0 Å². The Hall–Kier alpha value is -2.65. The Morgan fingerprint density at radius 3 is 2.27 bits per heavy atom. The van der Waals surface area contributed by atoms with Gasteiger partial charge in [-0.1, -0.05) is 66.7 Å². The van der Waals surface area contributed by atoms with Crippen LogP contribution in [0.5, 0.6) is 5.75 Å². The normalized spacial score (nSPS) is 12.6. The van der Waals surface area contributed by atoms with Crippen LogP contribution in [-0.2, 0) is 16.6 Å². The average Bonchev–Trinajstić information content (AvgIpc) is 2.69. The molecule has 0 saturated heterocycles. The summed E-state index contributed by atoms with van der Waals surface area (Å²) in [4.78, 5) is 0.833. The van der Waals surface area contributed by atoms with Crippen LogP contribution in [0.25, 0.3) is 11.6 Å². The Morgan fingerprint density at radius 2 is 1.62 bits per heavy atom. The Bertz CT molecular complexity index is 915. The Balaban J connectivity index is 1.97. The molecule has 0 amide bonds. The van der Waals surface area contributed by atoms with Crippen molar-refractivity contribution in [2.75, 3.05) is 7.11 Å². The molecule has 26 heavy (non-hydrogen) atoms. The van der Waals surface area contributed by atoms with Gasteiger partial charge in [0.05, 0.1) is 23.7 Å². The van der Waals surface area contributed by atoms with Crippen molar-refractivity contribution >= 4 is 22.4 Å². The van der Waals surface area contributed by atoms with Gasteiger partial charge in [-0.3, -0.25) is 4.21 Å². The first-order chi connectivity index (χ1) is 12.7. The second-order valence-corrected chi connectivity index (χ2v) is 7.50. The van der Waals surface area contributed by atoms with Crippen molar-refractivity contribution in [3.05, 3.63) is 95.6 Å². The molecule has 3 heteroatoms. The first-order valence-electron chi connectivity index (χ1n) is 8.51. The van der Waals surface area contributed by atoms with Gasteiger partial charge in [0.25, 0.3) is 0 Å². The van der Waals surface area contributed by atoms with Crippen LogP contribution < -0.4 is 4.74 Å². The molecule has 0 radical (unpaired) electrons. The fraction of sp³-hybridized carbons (Fsp3) is 0.130. The minimum atomic E-state index is -1.13. The molecule has 0 spiro atoms. The highest BCUT2D eigenvalue weighted by Crippen LogP contribution is 2.29. The first-order valence-corrected chi connectivity index (χ1v) is 9.83. The Morgan fingerprint density at radius 1 is 0.962 bits per heavy atom. The van der Waals surface area contributed by atoms with Crippen LogP contribution in [-0.4, -0.2) is 11.3 Å². The van der Waals surface area contributed by atoms with E-state index in [0.29, 0.717) is 5.75 Å². The molecule has 2 nitrogen and oxygen atoms in total. The number of hydrogen-bond acceptors (Lipinski definition) is 2. The van der Waals surface area contributed by atoms with Crippen LogP contribution in [0.4, 0.5) is 0 Å². The minimum Gasteiger partial charge on any atom is -0.497 e. The first kappa shape index (κ1) is 18.2. The summed E-state index contributed by atoms with van der Waals surface area (Å²) >= 11 is 0. The summed E-state index contributed by atoms with van der Waals surface area (Å²) in [5.74, 6) is 1.26. The monoisotopic (exact) mass is 362 g/mol. The molecule has 0 bridgehead atoms. The molecule has 0 fully saturated rings. The molecule has 0 aliphatic rings. The van der Waals surface area contributed by atoms with Crippen LogP contribution in [0, 0.1) is 0 Å². The van der Waals surface area contributed by atoms with E-state index in [1.807, 2.05) is 73.7 Å². The molecule has 3 rings (SSSR count). The Kier molecular flexibility index (Phi) is 6.03. The second-order valence-electron chi connectivity index (χ2n) is 6.08. The number of methoxy groups -OCH3 is 1. The predicted octanol–water partition coefficient (Wildman–Crippen LogP) is 5.56. The number of rotatable bonds is 6. The number of benzene rings is 3. The van der Waals surface area contributed by atoms with Crippen LogP contribution >= 0.6 is 0 Å². The van der Waals surface area contributed by atoms with Crippen molar-refractivity contribution in [2.24, 2.45) is 0 Å². The number of allylic oxidation sites excluding steroid dienone is 1. The molecule has 1 unspecified atom stereocenters. The molecule has 0 N–H and O–H groups in total. The van der Waals surface area contributed by atoms with Crippen molar-refractivity contribution in [2.45, 2.75) is 17.6 Å². The van der Waals surface area contributed by atoms with E-state index in [2.05, 4.69) is 18.2 Å². The maximum absolute atomic E-state index is 13.0. The average molecular weight is 362 g/mol. The lowest BCUT2D eigenvalue weighted by Gasteiger charge is -2.12. The van der Waals surface area contributed by atoms with Gasteiger partial charge in [-0.25, -0.2) is 0 Å². The number of hydrogen-bond donors (Lipinski definition) is 0. The van der Waals surface area contributed by atoms with Crippen molar-refractivity contribution < 1.29 is 8.95 Å². The Labute approximate surface area is 157 Å². The number of ether oxygens (including phenoxy) is 1. The van der Waals surface area contributed by atoms with E-state index in [1.54, 1.807) is 7.11 Å². The fourth-order valence-electron chi connectivity index (χ4n) is 2.82. The largest absolute Gasteiger partial charge is 0.497 e. The summed E-state index contributed by atoms with van der Waals surface area (Å²) in [5.41, 5.74) is 4.21. The summed E-state index contributed by atoms with van der Waals surface area (Å²) in [7, 11) is 0.518. The van der Waals surface area contributed by atoms with E-state index in [0.717, 1.165) is 32.9 Å². The molecular formula is C23H22O2S. The van der Waals surface area contributed by atoms with E-state index in [4.69, 9.17) is 4.74 Å². The summed E-state index contributed by atoms with van der Waals surface area (Å²) in [5, 5.41) is 0. The highest BCUT2D eigenvalue weighted by atomic mass is 32.2. The van der Waals surface area contributed by atoms with Crippen molar-refractivity contribution in [1.29, 1.82) is 0 Å². The summed E-state index contributed by atoms with van der Waals surface area (Å²) in [6.45, 7) is 2.05. The molecule has 3 aromatic carbocycles. The smallest absolute Gasteiger partial charge is 0.119 e. The molecule has 0 heterocycles. The summed E-state index contributed by atoms with van der Waals surface area (Å²) < 4.78 is 18.4. The quantitative estimate of drug-likeness (QED) is 0.536. The van der Waals surface area contributed by atoms with E-state index in [-0.39, 0.29) is 0 Å². The highest BCUT2D eigenvalue weighted by Gasteiger charge is 2.13.